The van der Waals surface area contributed by atoms with Crippen LogP contribution in [0.1, 0.15) is 61.2 Å². The summed E-state index contributed by atoms with van der Waals surface area (Å²) in [5.41, 5.74) is 1.06. The topological polar surface area (TPSA) is 49.3 Å². The monoisotopic (exact) mass is 372 g/mol. The second kappa shape index (κ2) is 7.14. The quantitative estimate of drug-likeness (QED) is 0.791. The molecule has 1 amide bonds. The third-order valence-electron chi connectivity index (χ3n) is 5.92. The van der Waals surface area contributed by atoms with Crippen LogP contribution in [0.5, 0.6) is 0 Å². The number of rotatable bonds is 2. The number of hydrogen-bond acceptors (Lipinski definition) is 5. The normalized spacial score (nSPS) is 24.3. The molecule has 2 atom stereocenters. The van der Waals surface area contributed by atoms with Crippen LogP contribution < -0.4 is 4.90 Å². The lowest BCUT2D eigenvalue weighted by molar-refractivity contribution is 0.0687. The van der Waals surface area contributed by atoms with Crippen LogP contribution in [0.2, 0.25) is 0 Å². The number of aryl methyl sites for hydroxylation is 1. The molecule has 0 bridgehead atoms. The summed E-state index contributed by atoms with van der Waals surface area (Å²) >= 11 is 1.54. The van der Waals surface area contributed by atoms with Crippen molar-refractivity contribution in [3.63, 3.8) is 0 Å². The Balaban J connectivity index is 1.73. The number of carbonyl (C=O) groups is 1. The molecule has 26 heavy (non-hydrogen) atoms. The van der Waals surface area contributed by atoms with Gasteiger partial charge in [-0.05, 0) is 57.4 Å². The van der Waals surface area contributed by atoms with Crippen molar-refractivity contribution in [2.75, 3.05) is 24.5 Å². The van der Waals surface area contributed by atoms with Crippen molar-refractivity contribution in [3.8, 4) is 0 Å². The molecule has 0 radical (unpaired) electrons. The van der Waals surface area contributed by atoms with Crippen LogP contribution in [-0.4, -0.2) is 46.5 Å². The van der Waals surface area contributed by atoms with Gasteiger partial charge in [0.1, 0.15) is 17.0 Å². The van der Waals surface area contributed by atoms with E-state index in [0.29, 0.717) is 12.0 Å². The first kappa shape index (κ1) is 17.7. The highest BCUT2D eigenvalue weighted by molar-refractivity contribution is 7.20. The lowest BCUT2D eigenvalue weighted by atomic mass is 10.00. The van der Waals surface area contributed by atoms with Gasteiger partial charge < -0.3 is 9.80 Å². The number of likely N-dealkylation sites (tertiary alicyclic amines) is 1. The SMILES string of the molecule is Cc1c(C(=O)N2CCC[C@H](C)C2)sc2ncnc(N3CCCC[C@H]3C)c12. The van der Waals surface area contributed by atoms with Gasteiger partial charge in [-0.15, -0.1) is 11.3 Å². The number of nitrogens with zero attached hydrogens (tertiary/aromatic N) is 4. The molecule has 0 saturated carbocycles. The highest BCUT2D eigenvalue weighted by Gasteiger charge is 2.29. The van der Waals surface area contributed by atoms with E-state index in [4.69, 9.17) is 0 Å². The van der Waals surface area contributed by atoms with Gasteiger partial charge in [0.2, 0.25) is 0 Å². The van der Waals surface area contributed by atoms with Crippen molar-refractivity contribution in [3.05, 3.63) is 16.8 Å². The molecule has 4 rings (SSSR count). The number of amides is 1. The van der Waals surface area contributed by atoms with Crippen LogP contribution in [0.3, 0.4) is 0 Å². The van der Waals surface area contributed by atoms with Crippen molar-refractivity contribution in [1.82, 2.24) is 14.9 Å². The maximum Gasteiger partial charge on any atom is 0.264 e. The molecule has 2 aliphatic heterocycles. The van der Waals surface area contributed by atoms with Gasteiger partial charge >= 0.3 is 0 Å². The Labute approximate surface area is 159 Å². The molecule has 0 spiro atoms. The molecule has 5 nitrogen and oxygen atoms in total. The standard InChI is InChI=1S/C20H28N4OS/c1-13-7-6-9-23(11-13)20(25)17-15(3)16-18(21-12-22-19(16)26-17)24-10-5-4-8-14(24)2/h12-14H,4-11H2,1-3H3/t13-,14+/m0/s1. The molecule has 0 N–H and O–H groups in total. The van der Waals surface area contributed by atoms with Crippen molar-refractivity contribution in [2.24, 2.45) is 5.92 Å². The third-order valence-corrected chi connectivity index (χ3v) is 7.11. The molecule has 2 fully saturated rings. The first-order chi connectivity index (χ1) is 12.6. The Bertz CT molecular complexity index is 817. The largest absolute Gasteiger partial charge is 0.353 e. The van der Waals surface area contributed by atoms with Crippen LogP contribution in [0.4, 0.5) is 5.82 Å². The Hall–Kier alpha value is -1.69. The van der Waals surface area contributed by atoms with E-state index in [1.54, 1.807) is 6.33 Å². The van der Waals surface area contributed by atoms with Gasteiger partial charge in [0.05, 0.1) is 10.3 Å². The minimum Gasteiger partial charge on any atom is -0.353 e. The van der Waals surface area contributed by atoms with E-state index >= 15 is 0 Å². The smallest absolute Gasteiger partial charge is 0.264 e. The lowest BCUT2D eigenvalue weighted by Gasteiger charge is -2.34. The number of aromatic nitrogens is 2. The predicted molar refractivity (Wildman–Crippen MR) is 107 cm³/mol. The maximum absolute atomic E-state index is 13.2. The summed E-state index contributed by atoms with van der Waals surface area (Å²) in [7, 11) is 0. The van der Waals surface area contributed by atoms with E-state index < -0.39 is 0 Å². The van der Waals surface area contributed by atoms with Gasteiger partial charge in [-0.2, -0.15) is 0 Å². The lowest BCUT2D eigenvalue weighted by Crippen LogP contribution is -2.39. The first-order valence-corrected chi connectivity index (χ1v) is 10.7. The highest BCUT2D eigenvalue weighted by Crippen LogP contribution is 2.37. The molecule has 2 saturated heterocycles. The van der Waals surface area contributed by atoms with Crippen LogP contribution >= 0.6 is 11.3 Å². The number of anilines is 1. The number of hydrogen-bond donors (Lipinski definition) is 0. The molecule has 4 heterocycles. The van der Waals surface area contributed by atoms with Crippen LogP contribution in [0.15, 0.2) is 6.33 Å². The van der Waals surface area contributed by atoms with Crippen molar-refractivity contribution in [1.29, 1.82) is 0 Å². The van der Waals surface area contributed by atoms with Gasteiger partial charge in [-0.1, -0.05) is 6.92 Å². The molecule has 2 aromatic heterocycles. The van der Waals surface area contributed by atoms with E-state index in [-0.39, 0.29) is 5.91 Å². The Kier molecular flexibility index (Phi) is 4.86. The second-order valence-corrected chi connectivity index (χ2v) is 8.97. The molecule has 6 heteroatoms. The fraction of sp³-hybridized carbons (Fsp3) is 0.650. The third kappa shape index (κ3) is 3.08. The summed E-state index contributed by atoms with van der Waals surface area (Å²) in [6, 6.07) is 0.489. The summed E-state index contributed by atoms with van der Waals surface area (Å²) in [6.45, 7) is 9.36. The summed E-state index contributed by atoms with van der Waals surface area (Å²) in [4.78, 5) is 28.5. The summed E-state index contributed by atoms with van der Waals surface area (Å²) in [5, 5.41) is 1.08. The van der Waals surface area contributed by atoms with Gasteiger partial charge in [0.15, 0.2) is 0 Å². The zero-order valence-electron chi connectivity index (χ0n) is 16.0. The zero-order valence-corrected chi connectivity index (χ0v) is 16.8. The molecule has 0 aliphatic carbocycles. The number of carbonyl (C=O) groups excluding carboxylic acids is 1. The van der Waals surface area contributed by atoms with E-state index in [0.717, 1.165) is 52.5 Å². The van der Waals surface area contributed by atoms with Gasteiger partial charge in [0, 0.05) is 25.7 Å². The maximum atomic E-state index is 13.2. The van der Waals surface area contributed by atoms with Crippen LogP contribution in [-0.2, 0) is 0 Å². The molecule has 0 aromatic carbocycles. The number of piperidine rings is 2. The summed E-state index contributed by atoms with van der Waals surface area (Å²) in [6.07, 6.45) is 7.67. The van der Waals surface area contributed by atoms with Crippen molar-refractivity contribution >= 4 is 33.3 Å². The molecular weight excluding hydrogens is 344 g/mol. The van der Waals surface area contributed by atoms with E-state index in [1.165, 1.54) is 37.0 Å². The minimum atomic E-state index is 0.176. The minimum absolute atomic E-state index is 0.176. The van der Waals surface area contributed by atoms with Crippen molar-refractivity contribution < 1.29 is 4.79 Å². The molecule has 2 aliphatic rings. The van der Waals surface area contributed by atoms with E-state index in [2.05, 4.69) is 35.6 Å². The van der Waals surface area contributed by atoms with E-state index in [9.17, 15) is 4.79 Å². The van der Waals surface area contributed by atoms with Crippen LogP contribution in [0, 0.1) is 12.8 Å². The average molecular weight is 373 g/mol. The summed E-state index contributed by atoms with van der Waals surface area (Å²) < 4.78 is 0. The fourth-order valence-electron chi connectivity index (χ4n) is 4.41. The fourth-order valence-corrected chi connectivity index (χ4v) is 5.52. The van der Waals surface area contributed by atoms with Gasteiger partial charge in [0.25, 0.3) is 5.91 Å². The zero-order chi connectivity index (χ0) is 18.3. The Morgan fingerprint density at radius 2 is 2.00 bits per heavy atom. The molecule has 2 aromatic rings. The van der Waals surface area contributed by atoms with Crippen molar-refractivity contribution in [2.45, 2.75) is 58.9 Å². The molecule has 140 valence electrons. The average Bonchev–Trinajstić information content (AvgIpc) is 2.98. The Morgan fingerprint density at radius 3 is 2.77 bits per heavy atom. The summed E-state index contributed by atoms with van der Waals surface area (Å²) in [5.74, 6) is 1.78. The molecular formula is C20H28N4OS. The van der Waals surface area contributed by atoms with E-state index in [1.807, 2.05) is 4.90 Å². The van der Waals surface area contributed by atoms with Gasteiger partial charge in [-0.3, -0.25) is 4.79 Å². The first-order valence-electron chi connectivity index (χ1n) is 9.86. The van der Waals surface area contributed by atoms with Gasteiger partial charge in [-0.25, -0.2) is 9.97 Å². The Morgan fingerprint density at radius 1 is 1.15 bits per heavy atom. The number of thiophene rings is 1. The predicted octanol–water partition coefficient (Wildman–Crippen LogP) is 4.25. The second-order valence-electron chi connectivity index (χ2n) is 7.97. The van der Waals surface area contributed by atoms with Crippen LogP contribution in [0.25, 0.3) is 10.2 Å². The molecule has 0 unspecified atom stereocenters. The number of fused-ring (bicyclic) bond motifs is 1. The highest BCUT2D eigenvalue weighted by atomic mass is 32.1.